The molecule has 0 bridgehead atoms. The molecule has 5 heteroatoms. The van der Waals surface area contributed by atoms with Gasteiger partial charge >= 0.3 is 0 Å². The lowest BCUT2D eigenvalue weighted by atomic mass is 9.79. The summed E-state index contributed by atoms with van der Waals surface area (Å²) in [6, 6.07) is 6.07. The molecular formula is C22H32N2O3. The van der Waals surface area contributed by atoms with Crippen LogP contribution in [0.2, 0.25) is 0 Å². The Hall–Kier alpha value is -2.01. The molecule has 2 heterocycles. The van der Waals surface area contributed by atoms with Gasteiger partial charge in [-0.2, -0.15) is 0 Å². The molecule has 2 aliphatic rings. The lowest BCUT2D eigenvalue weighted by Gasteiger charge is -2.40. The summed E-state index contributed by atoms with van der Waals surface area (Å²) in [5, 5.41) is 0. The number of rotatable bonds is 7. The van der Waals surface area contributed by atoms with Crippen molar-refractivity contribution in [3.05, 3.63) is 36.4 Å². The summed E-state index contributed by atoms with van der Waals surface area (Å²) in [6.07, 6.45) is 6.69. The average molecular weight is 373 g/mol. The first-order chi connectivity index (χ1) is 13.1. The van der Waals surface area contributed by atoms with Crippen molar-refractivity contribution in [1.29, 1.82) is 0 Å². The molecule has 5 nitrogen and oxygen atoms in total. The molecule has 27 heavy (non-hydrogen) atoms. The van der Waals surface area contributed by atoms with Crippen molar-refractivity contribution in [1.82, 2.24) is 9.80 Å². The van der Waals surface area contributed by atoms with Crippen LogP contribution in [0.25, 0.3) is 0 Å². The van der Waals surface area contributed by atoms with E-state index in [9.17, 15) is 4.79 Å². The summed E-state index contributed by atoms with van der Waals surface area (Å²) in [6.45, 7) is 8.50. The number of benzene rings is 1. The lowest BCUT2D eigenvalue weighted by molar-refractivity contribution is -0.130. The van der Waals surface area contributed by atoms with Crippen LogP contribution in [0.1, 0.15) is 37.7 Å². The van der Waals surface area contributed by atoms with E-state index in [2.05, 4.69) is 22.4 Å². The Morgan fingerprint density at radius 2 is 2.07 bits per heavy atom. The smallest absolute Gasteiger partial charge is 0.222 e. The van der Waals surface area contributed by atoms with Crippen LogP contribution in [-0.2, 0) is 11.3 Å². The van der Waals surface area contributed by atoms with Crippen LogP contribution >= 0.6 is 0 Å². The maximum absolute atomic E-state index is 12.4. The third-order valence-corrected chi connectivity index (χ3v) is 5.97. The molecule has 1 unspecified atom stereocenters. The minimum absolute atomic E-state index is 0.244. The minimum atomic E-state index is 0.244. The van der Waals surface area contributed by atoms with Crippen molar-refractivity contribution in [2.45, 2.75) is 38.6 Å². The van der Waals surface area contributed by atoms with Crippen LogP contribution in [0, 0.1) is 5.41 Å². The molecule has 1 aromatic carbocycles. The third kappa shape index (κ3) is 4.46. The molecule has 1 spiro atoms. The predicted molar refractivity (Wildman–Crippen MR) is 107 cm³/mol. The summed E-state index contributed by atoms with van der Waals surface area (Å²) in [7, 11) is 3.37. The third-order valence-electron chi connectivity index (χ3n) is 5.97. The molecule has 148 valence electrons. The number of amides is 1. The summed E-state index contributed by atoms with van der Waals surface area (Å²) in [5.41, 5.74) is 1.40. The zero-order valence-electron chi connectivity index (χ0n) is 16.7. The van der Waals surface area contributed by atoms with Crippen molar-refractivity contribution >= 4 is 5.91 Å². The Kier molecular flexibility index (Phi) is 6.42. The fourth-order valence-corrected chi connectivity index (χ4v) is 4.63. The summed E-state index contributed by atoms with van der Waals surface area (Å²) in [4.78, 5) is 17.0. The predicted octanol–water partition coefficient (Wildman–Crippen LogP) is 3.48. The number of carbonyl (C=O) groups is 1. The molecular weight excluding hydrogens is 340 g/mol. The number of nitrogens with zero attached hydrogens (tertiary/aromatic N) is 2. The highest BCUT2D eigenvalue weighted by atomic mass is 16.5. The van der Waals surface area contributed by atoms with Gasteiger partial charge in [0.05, 0.1) is 14.2 Å². The number of allylic oxidation sites excluding steroid dienone is 1. The van der Waals surface area contributed by atoms with E-state index in [1.54, 1.807) is 14.2 Å². The van der Waals surface area contributed by atoms with Gasteiger partial charge in [-0.15, -0.1) is 6.58 Å². The van der Waals surface area contributed by atoms with Crippen molar-refractivity contribution in [3.8, 4) is 11.5 Å². The van der Waals surface area contributed by atoms with Crippen molar-refractivity contribution in [3.63, 3.8) is 0 Å². The van der Waals surface area contributed by atoms with Crippen LogP contribution in [0.4, 0.5) is 0 Å². The van der Waals surface area contributed by atoms with Crippen molar-refractivity contribution in [2.75, 3.05) is 40.4 Å². The molecule has 2 aliphatic heterocycles. The van der Waals surface area contributed by atoms with Crippen LogP contribution in [0.5, 0.6) is 11.5 Å². The van der Waals surface area contributed by atoms with E-state index in [0.717, 1.165) is 62.6 Å². The maximum atomic E-state index is 12.4. The number of methoxy groups -OCH3 is 2. The Balaban J connectivity index is 1.65. The van der Waals surface area contributed by atoms with Crippen molar-refractivity contribution in [2.24, 2.45) is 5.41 Å². The van der Waals surface area contributed by atoms with E-state index < -0.39 is 0 Å². The average Bonchev–Trinajstić information content (AvgIpc) is 3.09. The van der Waals surface area contributed by atoms with Gasteiger partial charge in [-0.1, -0.05) is 18.2 Å². The van der Waals surface area contributed by atoms with Gasteiger partial charge in [0.25, 0.3) is 0 Å². The normalized spacial score (nSPS) is 22.8. The minimum Gasteiger partial charge on any atom is -0.493 e. The molecule has 0 aromatic heterocycles. The van der Waals surface area contributed by atoms with E-state index in [-0.39, 0.29) is 11.3 Å². The second-order valence-corrected chi connectivity index (χ2v) is 7.86. The molecule has 0 N–H and O–H groups in total. The van der Waals surface area contributed by atoms with Gasteiger partial charge in [0.1, 0.15) is 0 Å². The highest BCUT2D eigenvalue weighted by molar-refractivity contribution is 5.76. The second-order valence-electron chi connectivity index (χ2n) is 7.86. The molecule has 2 fully saturated rings. The van der Waals surface area contributed by atoms with E-state index in [4.69, 9.17) is 9.47 Å². The van der Waals surface area contributed by atoms with Crippen LogP contribution in [-0.4, -0.2) is 56.1 Å². The fourth-order valence-electron chi connectivity index (χ4n) is 4.63. The van der Waals surface area contributed by atoms with Gasteiger partial charge in [-0.05, 0) is 38.3 Å². The number of carbonyl (C=O) groups excluding carboxylic acids is 1. The van der Waals surface area contributed by atoms with Gasteiger partial charge in [0.15, 0.2) is 11.5 Å². The summed E-state index contributed by atoms with van der Waals surface area (Å²) < 4.78 is 11.0. The number of ether oxygens (including phenoxy) is 2. The van der Waals surface area contributed by atoms with Crippen LogP contribution in [0.3, 0.4) is 0 Å². The van der Waals surface area contributed by atoms with E-state index >= 15 is 0 Å². The van der Waals surface area contributed by atoms with Crippen LogP contribution < -0.4 is 9.47 Å². The summed E-state index contributed by atoms with van der Waals surface area (Å²) >= 11 is 0. The maximum Gasteiger partial charge on any atom is 0.222 e. The molecule has 0 radical (unpaired) electrons. The monoisotopic (exact) mass is 372 g/mol. The number of para-hydroxylation sites is 1. The Morgan fingerprint density at radius 1 is 1.22 bits per heavy atom. The largest absolute Gasteiger partial charge is 0.493 e. The topological polar surface area (TPSA) is 42.0 Å². The van der Waals surface area contributed by atoms with Crippen molar-refractivity contribution < 1.29 is 14.3 Å². The Labute approximate surface area is 162 Å². The first-order valence-corrected chi connectivity index (χ1v) is 9.92. The van der Waals surface area contributed by atoms with Gasteiger partial charge in [0.2, 0.25) is 5.91 Å². The highest BCUT2D eigenvalue weighted by Gasteiger charge is 2.42. The number of piperidine rings is 1. The van der Waals surface area contributed by atoms with Crippen LogP contribution in [0.15, 0.2) is 30.9 Å². The standard InChI is InChI=1S/C22H32N2O3/c1-4-5-10-20(25)24-14-12-22(17-24)11-7-13-23(16-22)15-18-8-6-9-19(26-2)21(18)27-3/h4,6,8-9H,1,5,7,10-17H2,2-3H3. The van der Waals surface area contributed by atoms with E-state index in [1.807, 2.05) is 18.2 Å². The molecule has 0 saturated carbocycles. The molecule has 1 atom stereocenters. The highest BCUT2D eigenvalue weighted by Crippen LogP contribution is 2.40. The SMILES string of the molecule is C=CCCC(=O)N1CCC2(CCCN(Cc3cccc(OC)c3OC)C2)C1. The summed E-state index contributed by atoms with van der Waals surface area (Å²) in [5.74, 6) is 1.88. The zero-order valence-corrected chi connectivity index (χ0v) is 16.7. The first kappa shape index (κ1) is 19.7. The van der Waals surface area contributed by atoms with Gasteiger partial charge in [0, 0.05) is 43.6 Å². The molecule has 1 amide bonds. The number of hydrogen-bond acceptors (Lipinski definition) is 4. The molecule has 0 aliphatic carbocycles. The quantitative estimate of drug-likeness (QED) is 0.687. The van der Waals surface area contributed by atoms with E-state index in [1.165, 1.54) is 12.8 Å². The Bertz CT molecular complexity index is 676. The molecule has 2 saturated heterocycles. The fraction of sp³-hybridized carbons (Fsp3) is 0.591. The van der Waals surface area contributed by atoms with Gasteiger partial charge in [-0.25, -0.2) is 0 Å². The molecule has 3 rings (SSSR count). The van der Waals surface area contributed by atoms with Gasteiger partial charge < -0.3 is 14.4 Å². The second kappa shape index (κ2) is 8.79. The lowest BCUT2D eigenvalue weighted by Crippen LogP contribution is -2.45. The van der Waals surface area contributed by atoms with Gasteiger partial charge in [-0.3, -0.25) is 9.69 Å². The van der Waals surface area contributed by atoms with E-state index in [0.29, 0.717) is 6.42 Å². The Morgan fingerprint density at radius 3 is 2.81 bits per heavy atom. The molecule has 1 aromatic rings. The number of likely N-dealkylation sites (tertiary alicyclic amines) is 2. The first-order valence-electron chi connectivity index (χ1n) is 9.92. The number of hydrogen-bond donors (Lipinski definition) is 0. The zero-order chi connectivity index (χ0) is 19.3.